The second-order valence-electron chi connectivity index (χ2n) is 6.80. The second kappa shape index (κ2) is 6.89. The van der Waals surface area contributed by atoms with Gasteiger partial charge in [0.1, 0.15) is 5.60 Å². The van der Waals surface area contributed by atoms with E-state index in [1.54, 1.807) is 29.2 Å². The van der Waals surface area contributed by atoms with Crippen molar-refractivity contribution < 1.29 is 14.3 Å². The van der Waals surface area contributed by atoms with Crippen molar-refractivity contribution in [3.05, 3.63) is 29.8 Å². The number of rotatable bonds is 3. The Labute approximate surface area is 137 Å². The molecule has 6 heteroatoms. The molecule has 1 saturated heterocycles. The number of nitrogens with two attached hydrogens (primary N) is 1. The van der Waals surface area contributed by atoms with Crippen LogP contribution in [-0.2, 0) is 4.74 Å². The number of benzene rings is 1. The maximum Gasteiger partial charge on any atom is 0.410 e. The van der Waals surface area contributed by atoms with Crippen molar-refractivity contribution in [2.24, 2.45) is 0 Å². The number of likely N-dealkylation sites (tertiary alicyclic amines) is 1. The van der Waals surface area contributed by atoms with Gasteiger partial charge in [0.05, 0.1) is 6.04 Å². The standard InChI is InChI=1S/C17H25N3O3/c1-17(2,3)23-16(22)20-10-4-5-14(20)11-19-15(21)12-6-8-13(18)9-7-12/h6-9,14H,4-5,10-11,18H2,1-3H3,(H,19,21)/t14-/m1/s1. The van der Waals surface area contributed by atoms with Crippen LogP contribution in [0.4, 0.5) is 10.5 Å². The number of hydrogen-bond donors (Lipinski definition) is 2. The Bertz CT molecular complexity index is 563. The minimum absolute atomic E-state index is 0.0254. The molecule has 0 saturated carbocycles. The molecule has 126 valence electrons. The minimum Gasteiger partial charge on any atom is -0.444 e. The Morgan fingerprint density at radius 3 is 2.57 bits per heavy atom. The number of carbonyl (C=O) groups is 2. The molecule has 1 aliphatic rings. The number of amides is 2. The molecule has 2 rings (SSSR count). The highest BCUT2D eigenvalue weighted by molar-refractivity contribution is 5.94. The van der Waals surface area contributed by atoms with Gasteiger partial charge in [-0.2, -0.15) is 0 Å². The van der Waals surface area contributed by atoms with Gasteiger partial charge in [0.2, 0.25) is 0 Å². The van der Waals surface area contributed by atoms with E-state index in [4.69, 9.17) is 10.5 Å². The summed E-state index contributed by atoms with van der Waals surface area (Å²) < 4.78 is 5.42. The van der Waals surface area contributed by atoms with Crippen LogP contribution >= 0.6 is 0 Å². The number of hydrogen-bond acceptors (Lipinski definition) is 4. The zero-order valence-corrected chi connectivity index (χ0v) is 14.0. The summed E-state index contributed by atoms with van der Waals surface area (Å²) in [6.45, 7) is 6.62. The first-order chi connectivity index (χ1) is 10.8. The van der Waals surface area contributed by atoms with Crippen LogP contribution in [0.25, 0.3) is 0 Å². The minimum atomic E-state index is -0.516. The van der Waals surface area contributed by atoms with Crippen molar-refractivity contribution in [2.75, 3.05) is 18.8 Å². The molecule has 0 unspecified atom stereocenters. The molecular weight excluding hydrogens is 294 g/mol. The maximum absolute atomic E-state index is 12.2. The van der Waals surface area contributed by atoms with Crippen LogP contribution in [-0.4, -0.2) is 41.6 Å². The highest BCUT2D eigenvalue weighted by Gasteiger charge is 2.32. The van der Waals surface area contributed by atoms with Crippen LogP contribution in [0, 0.1) is 0 Å². The largest absolute Gasteiger partial charge is 0.444 e. The first-order valence-corrected chi connectivity index (χ1v) is 7.89. The Morgan fingerprint density at radius 2 is 1.96 bits per heavy atom. The van der Waals surface area contributed by atoms with Gasteiger partial charge in [-0.25, -0.2) is 4.79 Å². The van der Waals surface area contributed by atoms with E-state index >= 15 is 0 Å². The predicted octanol–water partition coefficient (Wildman–Crippen LogP) is 2.40. The summed E-state index contributed by atoms with van der Waals surface area (Å²) in [7, 11) is 0. The highest BCUT2D eigenvalue weighted by atomic mass is 16.6. The van der Waals surface area contributed by atoms with Gasteiger partial charge in [-0.1, -0.05) is 0 Å². The van der Waals surface area contributed by atoms with Crippen molar-refractivity contribution in [1.82, 2.24) is 10.2 Å². The summed E-state index contributed by atoms with van der Waals surface area (Å²) in [6.07, 6.45) is 1.46. The molecular formula is C17H25N3O3. The monoisotopic (exact) mass is 319 g/mol. The van der Waals surface area contributed by atoms with E-state index in [2.05, 4.69) is 5.32 Å². The van der Waals surface area contributed by atoms with E-state index in [0.29, 0.717) is 24.3 Å². The molecule has 0 bridgehead atoms. The predicted molar refractivity (Wildman–Crippen MR) is 89.1 cm³/mol. The molecule has 1 fully saturated rings. The molecule has 0 aromatic heterocycles. The van der Waals surface area contributed by atoms with Gasteiger partial charge >= 0.3 is 6.09 Å². The molecule has 1 atom stereocenters. The number of nitrogens with one attached hydrogen (secondary N) is 1. The molecule has 1 aromatic carbocycles. The van der Waals surface area contributed by atoms with Gasteiger partial charge < -0.3 is 20.7 Å². The average Bonchev–Trinajstić information content (AvgIpc) is 2.92. The lowest BCUT2D eigenvalue weighted by molar-refractivity contribution is 0.0225. The number of nitrogens with zero attached hydrogens (tertiary/aromatic N) is 1. The topological polar surface area (TPSA) is 84.7 Å². The van der Waals surface area contributed by atoms with Gasteiger partial charge in [-0.05, 0) is 57.9 Å². The van der Waals surface area contributed by atoms with Gasteiger partial charge in [0, 0.05) is 24.3 Å². The fraction of sp³-hybridized carbons (Fsp3) is 0.529. The second-order valence-corrected chi connectivity index (χ2v) is 6.80. The molecule has 6 nitrogen and oxygen atoms in total. The number of carbonyl (C=O) groups excluding carboxylic acids is 2. The lowest BCUT2D eigenvalue weighted by Gasteiger charge is -2.28. The lowest BCUT2D eigenvalue weighted by atomic mass is 10.1. The van der Waals surface area contributed by atoms with Crippen LogP contribution in [0.1, 0.15) is 44.0 Å². The lowest BCUT2D eigenvalue weighted by Crippen LogP contribution is -2.45. The maximum atomic E-state index is 12.2. The van der Waals surface area contributed by atoms with Gasteiger partial charge in [-0.15, -0.1) is 0 Å². The van der Waals surface area contributed by atoms with E-state index in [-0.39, 0.29) is 18.0 Å². The molecule has 0 radical (unpaired) electrons. The van der Waals surface area contributed by atoms with Crippen molar-refractivity contribution >= 4 is 17.7 Å². The fourth-order valence-electron chi connectivity index (χ4n) is 2.56. The summed E-state index contributed by atoms with van der Waals surface area (Å²) in [4.78, 5) is 26.0. The molecule has 1 heterocycles. The zero-order chi connectivity index (χ0) is 17.0. The Morgan fingerprint density at radius 1 is 1.30 bits per heavy atom. The Hall–Kier alpha value is -2.24. The third kappa shape index (κ3) is 4.87. The summed E-state index contributed by atoms with van der Waals surface area (Å²) in [5, 5.41) is 2.88. The third-order valence-corrected chi connectivity index (χ3v) is 3.68. The Kier molecular flexibility index (Phi) is 5.13. The van der Waals surface area contributed by atoms with E-state index in [1.165, 1.54) is 0 Å². The van der Waals surface area contributed by atoms with E-state index in [0.717, 1.165) is 12.8 Å². The van der Waals surface area contributed by atoms with Crippen molar-refractivity contribution in [1.29, 1.82) is 0 Å². The Balaban J connectivity index is 1.90. The molecule has 1 aromatic rings. The number of nitrogen functional groups attached to an aromatic ring is 1. The average molecular weight is 319 g/mol. The quantitative estimate of drug-likeness (QED) is 0.838. The van der Waals surface area contributed by atoms with Crippen LogP contribution < -0.4 is 11.1 Å². The molecule has 0 spiro atoms. The summed E-state index contributed by atoms with van der Waals surface area (Å²) in [5.41, 5.74) is 6.27. The van der Waals surface area contributed by atoms with Gasteiger partial charge in [0.15, 0.2) is 0 Å². The van der Waals surface area contributed by atoms with Gasteiger partial charge in [-0.3, -0.25) is 4.79 Å². The van der Waals surface area contributed by atoms with Crippen LogP contribution in [0.3, 0.4) is 0 Å². The van der Waals surface area contributed by atoms with E-state index < -0.39 is 5.60 Å². The number of ether oxygens (including phenoxy) is 1. The first-order valence-electron chi connectivity index (χ1n) is 7.89. The summed E-state index contributed by atoms with van der Waals surface area (Å²) in [5.74, 6) is -0.166. The molecule has 23 heavy (non-hydrogen) atoms. The van der Waals surface area contributed by atoms with Crippen molar-refractivity contribution in [2.45, 2.75) is 45.3 Å². The van der Waals surface area contributed by atoms with Crippen LogP contribution in [0.2, 0.25) is 0 Å². The summed E-state index contributed by atoms with van der Waals surface area (Å²) in [6, 6.07) is 6.73. The van der Waals surface area contributed by atoms with Crippen molar-refractivity contribution in [3.63, 3.8) is 0 Å². The van der Waals surface area contributed by atoms with Crippen LogP contribution in [0.15, 0.2) is 24.3 Å². The SMILES string of the molecule is CC(C)(C)OC(=O)N1CCC[C@@H]1CNC(=O)c1ccc(N)cc1. The van der Waals surface area contributed by atoms with E-state index in [9.17, 15) is 9.59 Å². The van der Waals surface area contributed by atoms with Crippen molar-refractivity contribution in [3.8, 4) is 0 Å². The van der Waals surface area contributed by atoms with E-state index in [1.807, 2.05) is 20.8 Å². The number of anilines is 1. The summed E-state index contributed by atoms with van der Waals surface area (Å²) >= 11 is 0. The third-order valence-electron chi connectivity index (χ3n) is 3.68. The molecule has 3 N–H and O–H groups in total. The van der Waals surface area contributed by atoms with Gasteiger partial charge in [0.25, 0.3) is 5.91 Å². The fourth-order valence-corrected chi connectivity index (χ4v) is 2.56. The molecule has 2 amide bonds. The molecule has 1 aliphatic heterocycles. The smallest absolute Gasteiger partial charge is 0.410 e. The zero-order valence-electron chi connectivity index (χ0n) is 14.0. The normalized spacial score (nSPS) is 17.9. The first kappa shape index (κ1) is 17.1. The molecule has 0 aliphatic carbocycles. The highest BCUT2D eigenvalue weighted by Crippen LogP contribution is 2.20. The van der Waals surface area contributed by atoms with Crippen LogP contribution in [0.5, 0.6) is 0 Å².